The fourth-order valence-electron chi connectivity index (χ4n) is 13.0. The van der Waals surface area contributed by atoms with Crippen LogP contribution in [0.2, 0.25) is 5.82 Å². The van der Waals surface area contributed by atoms with Gasteiger partial charge in [0.2, 0.25) is 11.8 Å². The van der Waals surface area contributed by atoms with Crippen molar-refractivity contribution in [2.45, 2.75) is 141 Å². The van der Waals surface area contributed by atoms with Crippen LogP contribution in [0.5, 0.6) is 11.5 Å². The number of methoxy groups -OCH3 is 1. The molecule has 1 saturated carbocycles. The molecule has 0 aromatic heterocycles. The number of benzene rings is 3. The zero-order valence-corrected chi connectivity index (χ0v) is 62.2. The molecule has 3 N–H and O–H groups in total. The molecular weight excluding hydrogens is 1340 g/mol. The lowest BCUT2D eigenvalue weighted by molar-refractivity contribution is -0.122. The number of carbonyl (C=O) groups excluding carboxylic acids is 6. The monoisotopic (exact) mass is 1450 g/mol. The minimum absolute atomic E-state index is 0.00542. The van der Waals surface area contributed by atoms with Gasteiger partial charge < -0.3 is 73.1 Å². The molecule has 0 spiro atoms. The molecule has 6 aliphatic rings. The molecule has 105 heavy (non-hydrogen) atoms. The van der Waals surface area contributed by atoms with Crippen LogP contribution in [0.1, 0.15) is 137 Å². The molecule has 0 bridgehead atoms. The third kappa shape index (κ3) is 25.5. The summed E-state index contributed by atoms with van der Waals surface area (Å²) in [5.74, 6) is 1.23. The molecule has 3 unspecified atom stereocenters. The molecule has 9 rings (SSSR count). The van der Waals surface area contributed by atoms with Crippen LogP contribution in [0.3, 0.4) is 0 Å². The molecule has 3 amide bonds. The van der Waals surface area contributed by atoms with E-state index in [9.17, 15) is 28.8 Å². The molecule has 1 fully saturated rings. The van der Waals surface area contributed by atoms with Crippen LogP contribution in [-0.2, 0) is 74.7 Å². The van der Waals surface area contributed by atoms with Gasteiger partial charge in [0.05, 0.1) is 154 Å². The smallest absolute Gasteiger partial charge is 0.260 e. The minimum atomic E-state index is -0.395. The molecule has 23 nitrogen and oxygen atoms in total. The van der Waals surface area contributed by atoms with E-state index in [1.54, 1.807) is 13.2 Å². The lowest BCUT2D eigenvalue weighted by Crippen LogP contribution is -2.40. The second kappa shape index (κ2) is 42.8. The number of hydrogen-bond donors (Lipinski definition) is 3. The molecule has 4 aliphatic heterocycles. The topological polar surface area (TPSA) is 262 Å². The van der Waals surface area contributed by atoms with E-state index in [0.29, 0.717) is 185 Å². The maximum atomic E-state index is 13.7. The van der Waals surface area contributed by atoms with Gasteiger partial charge in [-0.05, 0) is 146 Å². The summed E-state index contributed by atoms with van der Waals surface area (Å²) in [7, 11) is 3.54. The first kappa shape index (κ1) is 80.9. The predicted molar refractivity (Wildman–Crippen MR) is 409 cm³/mol. The largest absolute Gasteiger partial charge is 0.493 e. The van der Waals surface area contributed by atoms with Crippen molar-refractivity contribution >= 4 is 83.7 Å². The summed E-state index contributed by atoms with van der Waals surface area (Å²) in [4.78, 5) is 89.7. The maximum Gasteiger partial charge on any atom is 0.260 e. The molecule has 2 aliphatic carbocycles. The van der Waals surface area contributed by atoms with E-state index in [0.717, 1.165) is 78.0 Å². The third-order valence-electron chi connectivity index (χ3n) is 19.2. The van der Waals surface area contributed by atoms with Crippen molar-refractivity contribution in [2.24, 2.45) is 21.8 Å². The number of carbonyl (C=O) groups is 6. The van der Waals surface area contributed by atoms with Gasteiger partial charge in [0.15, 0.2) is 28.8 Å². The number of fused-ring (bicyclic) bond motifs is 4. The van der Waals surface area contributed by atoms with Gasteiger partial charge in [-0.1, -0.05) is 52.1 Å². The number of aliphatic imine (C=N–C) groups is 2. The highest BCUT2D eigenvalue weighted by atomic mass is 16.6. The van der Waals surface area contributed by atoms with Crippen molar-refractivity contribution < 1.29 is 76.1 Å². The number of rotatable bonds is 50. The van der Waals surface area contributed by atoms with Crippen molar-refractivity contribution in [3.8, 4) is 11.5 Å². The summed E-state index contributed by atoms with van der Waals surface area (Å²) in [6.45, 7) is 22.5. The molecule has 4 atom stereocenters. The van der Waals surface area contributed by atoms with E-state index in [2.05, 4.69) is 65.5 Å². The quantitative estimate of drug-likeness (QED) is 0.0269. The van der Waals surface area contributed by atoms with E-state index in [4.69, 9.17) is 57.4 Å². The average molecular weight is 1450 g/mol. The maximum absolute atomic E-state index is 13.7. The Balaban J connectivity index is 0.553. The van der Waals surface area contributed by atoms with E-state index in [-0.39, 0.29) is 71.7 Å². The fraction of sp³-hybridized carbons (Fsp3) is 0.531. The number of nitrogens with one attached hydrogen (secondary N) is 3. The number of hydrogen-bond acceptors (Lipinski definition) is 20. The van der Waals surface area contributed by atoms with Crippen molar-refractivity contribution in [1.29, 1.82) is 0 Å². The third-order valence-corrected chi connectivity index (χ3v) is 19.2. The van der Waals surface area contributed by atoms with Crippen molar-refractivity contribution in [1.82, 2.24) is 20.4 Å². The molecule has 0 saturated heterocycles. The number of nitrogens with zero attached hydrogens (tertiary/aromatic N) is 4. The van der Waals surface area contributed by atoms with Crippen LogP contribution in [0.15, 0.2) is 119 Å². The fourth-order valence-corrected chi connectivity index (χ4v) is 13.0. The van der Waals surface area contributed by atoms with Crippen molar-refractivity contribution in [3.05, 3.63) is 137 Å². The van der Waals surface area contributed by atoms with Crippen LogP contribution < -0.4 is 25.4 Å². The summed E-state index contributed by atoms with van der Waals surface area (Å²) < 4.78 is 56.9. The highest BCUT2D eigenvalue weighted by Gasteiger charge is 2.38. The van der Waals surface area contributed by atoms with E-state index in [1.807, 2.05) is 75.4 Å². The summed E-state index contributed by atoms with van der Waals surface area (Å²) >= 11 is 0. The predicted octanol–water partition coefficient (Wildman–Crippen LogP) is 10.4. The van der Waals surface area contributed by atoms with Crippen LogP contribution in [0.4, 0.5) is 17.1 Å². The second-order valence-corrected chi connectivity index (χ2v) is 27.5. The molecule has 566 valence electrons. The Hall–Kier alpha value is -8.20. The van der Waals surface area contributed by atoms with Crippen LogP contribution in [-0.4, -0.2) is 209 Å². The van der Waals surface area contributed by atoms with Gasteiger partial charge in [-0.2, -0.15) is 0 Å². The number of allylic oxidation sites excluding steroid dienone is 4. The first-order valence-electron chi connectivity index (χ1n) is 37.6. The van der Waals surface area contributed by atoms with E-state index in [1.165, 1.54) is 41.7 Å². The van der Waals surface area contributed by atoms with Gasteiger partial charge in [-0.15, -0.1) is 0 Å². The molecule has 3 aromatic carbocycles. The van der Waals surface area contributed by atoms with Crippen LogP contribution in [0.25, 0.3) is 11.3 Å². The van der Waals surface area contributed by atoms with Gasteiger partial charge in [0, 0.05) is 104 Å². The Morgan fingerprint density at radius 3 is 1.91 bits per heavy atom. The number of aryl methyl sites for hydroxylation is 2. The van der Waals surface area contributed by atoms with Gasteiger partial charge >= 0.3 is 0 Å². The summed E-state index contributed by atoms with van der Waals surface area (Å²) in [5.41, 5.74) is 11.7. The normalized spacial score (nSPS) is 17.6. The van der Waals surface area contributed by atoms with E-state index < -0.39 is 6.04 Å². The number of amides is 3. The lowest BCUT2D eigenvalue weighted by Gasteiger charge is -2.24. The van der Waals surface area contributed by atoms with Gasteiger partial charge in [-0.25, -0.2) is 0 Å². The Bertz CT molecular complexity index is 3660. The Morgan fingerprint density at radius 1 is 0.676 bits per heavy atom. The second-order valence-electron chi connectivity index (χ2n) is 27.5. The Labute approximate surface area is 620 Å². The van der Waals surface area contributed by atoms with Gasteiger partial charge in [-0.3, -0.25) is 38.8 Å². The zero-order valence-electron chi connectivity index (χ0n) is 62.2. The van der Waals surface area contributed by atoms with Gasteiger partial charge in [0.1, 0.15) is 7.85 Å². The number of ether oxygens (including phenoxy) is 10. The first-order chi connectivity index (χ1) is 51.1. The van der Waals surface area contributed by atoms with Crippen molar-refractivity contribution in [3.63, 3.8) is 0 Å². The number of unbranched alkanes of at least 4 members (excludes halogenated alkanes) is 1. The highest BCUT2D eigenvalue weighted by Crippen LogP contribution is 2.45. The number of ketones is 3. The molecule has 3 aromatic rings. The van der Waals surface area contributed by atoms with Crippen LogP contribution in [0, 0.1) is 11.8 Å². The average Bonchev–Trinajstić information content (AvgIpc) is 1.63. The standard InChI is InChI=1S/C81H108BN7O16/c1-7-58-47-70-72(84-52-67-45-64(59-17-18-59)54-89(67)81(70)95)48-61(58)12-8-9-27-105-77-50-73-69(49-76(77)96-6)57(5)88-53-63(44-66(88)51-85-73)60-19-21-65(22-20-60)87-80(94)71(82)14-11-15-75(92)79(55(2)3)86-56(4)25-28-97-30-32-99-34-36-101-38-40-103-42-43-104-41-39-102-37-35-100-33-31-98-29-26-83-78(93)16-10-13-62-46-68(90)23-24-74(62)91/h13,19-24,47-55,59,66-67,71,79,86H,4-5,7-12,14-18,25-46,82H2,1-3,6H3,(H,83,93)(H,87,94)/b62-13-/t66?,67-,71?,79?/m0/s1. The van der Waals surface area contributed by atoms with Gasteiger partial charge in [0.25, 0.3) is 5.91 Å². The number of Topliss-reactive ketones (excluding diaryl/α,β-unsaturated/α-hetero) is 1. The summed E-state index contributed by atoms with van der Waals surface area (Å²) in [5, 5.41) is 9.18. The molecule has 0 radical (unpaired) electrons. The summed E-state index contributed by atoms with van der Waals surface area (Å²) in [6.07, 6.45) is 22.6. The Kier molecular flexibility index (Phi) is 33.0. The molecule has 4 heterocycles. The number of anilines is 1. The highest BCUT2D eigenvalue weighted by molar-refractivity contribution is 6.26. The minimum Gasteiger partial charge on any atom is -0.493 e. The molecular formula is C81H108BN7O16. The SMILES string of the molecule is BC(CCCC(=O)C(NC(=C)CCOCCOCCOCCOCCOCCOCCOCCOCCNC(=O)CC/C=C1/CC(=O)C=CC1=O)C(C)C)C(=O)Nc1ccc(C2=CN3C(=C)c4cc(OC)c(OCCCCc5cc6c(cc5CC)C(=O)N5C=C(C7CC7)C[C@H]5C=N6)cc4N=CC3C2)cc1. The summed E-state index contributed by atoms with van der Waals surface area (Å²) in [6, 6.07) is 15.6. The Morgan fingerprint density at radius 2 is 1.30 bits per heavy atom. The lowest BCUT2D eigenvalue weighted by atomic mass is 9.81. The van der Waals surface area contributed by atoms with E-state index >= 15 is 0 Å². The zero-order chi connectivity index (χ0) is 74.3. The van der Waals surface area contributed by atoms with Crippen LogP contribution >= 0.6 is 0 Å². The van der Waals surface area contributed by atoms with Crippen molar-refractivity contribution in [2.75, 3.05) is 131 Å². The first-order valence-corrected chi connectivity index (χ1v) is 37.6. The molecule has 24 heteroatoms.